The Hall–Kier alpha value is -3.10. The first-order valence-electron chi connectivity index (χ1n) is 10.3. The van der Waals surface area contributed by atoms with Crippen LogP contribution in [-0.4, -0.2) is 25.4 Å². The molecular formula is C24H24ClFN2O4S. The molecule has 3 aromatic carbocycles. The molecule has 3 aromatic rings. The fourth-order valence-electron chi connectivity index (χ4n) is 3.08. The fraction of sp³-hybridized carbons (Fsp3) is 0.208. The van der Waals surface area contributed by atoms with Crippen LogP contribution in [0.5, 0.6) is 5.75 Å². The molecule has 0 aliphatic carbocycles. The minimum atomic E-state index is -4.13. The predicted octanol–water partition coefficient (Wildman–Crippen LogP) is 6.08. The second-order valence-electron chi connectivity index (χ2n) is 7.46. The summed E-state index contributed by atoms with van der Waals surface area (Å²) in [6.45, 7) is 4.13. The number of halogens is 2. The van der Waals surface area contributed by atoms with Crippen molar-refractivity contribution in [1.29, 1.82) is 0 Å². The summed E-state index contributed by atoms with van der Waals surface area (Å²) < 4.78 is 43.4. The van der Waals surface area contributed by atoms with E-state index in [1.807, 2.05) is 13.8 Å². The number of carbonyl (C=O) groups is 1. The number of anilines is 1. The van der Waals surface area contributed by atoms with Gasteiger partial charge in [-0.3, -0.25) is 0 Å². The highest BCUT2D eigenvalue weighted by Gasteiger charge is 2.21. The average molecular weight is 491 g/mol. The lowest BCUT2D eigenvalue weighted by atomic mass is 10.1. The Balaban J connectivity index is 1.78. The van der Waals surface area contributed by atoms with Crippen molar-refractivity contribution in [3.63, 3.8) is 0 Å². The molecule has 0 aliphatic rings. The van der Waals surface area contributed by atoms with E-state index in [1.54, 1.807) is 47.4 Å². The van der Waals surface area contributed by atoms with Gasteiger partial charge in [-0.2, -0.15) is 8.42 Å². The zero-order valence-corrected chi connectivity index (χ0v) is 19.7. The standard InChI is InChI=1S/C24H24ClFN2O4S/c1-3-17(2)28(24(29)27-21-8-5-7-19(25)15-21)16-18-6-4-9-22(14-18)32-33(30,31)23-12-10-20(26)11-13-23/h4-15,17H,3,16H2,1-2H3,(H,27,29). The number of benzene rings is 3. The summed E-state index contributed by atoms with van der Waals surface area (Å²) in [5.74, 6) is -0.451. The molecule has 0 saturated carbocycles. The monoisotopic (exact) mass is 490 g/mol. The van der Waals surface area contributed by atoms with Crippen LogP contribution in [0.15, 0.2) is 77.7 Å². The number of amides is 2. The minimum Gasteiger partial charge on any atom is -0.379 e. The minimum absolute atomic E-state index is 0.0864. The van der Waals surface area contributed by atoms with Crippen molar-refractivity contribution in [2.45, 2.75) is 37.8 Å². The number of hydrogen-bond acceptors (Lipinski definition) is 4. The number of hydrogen-bond donors (Lipinski definition) is 1. The van der Waals surface area contributed by atoms with E-state index < -0.39 is 15.9 Å². The lowest BCUT2D eigenvalue weighted by Gasteiger charge is -2.29. The van der Waals surface area contributed by atoms with Gasteiger partial charge in [0.25, 0.3) is 0 Å². The number of nitrogens with one attached hydrogen (secondary N) is 1. The van der Waals surface area contributed by atoms with E-state index in [2.05, 4.69) is 5.32 Å². The molecular weight excluding hydrogens is 467 g/mol. The molecule has 0 fully saturated rings. The SMILES string of the molecule is CCC(C)N(Cc1cccc(OS(=O)(=O)c2ccc(F)cc2)c1)C(=O)Nc1cccc(Cl)c1. The van der Waals surface area contributed by atoms with Gasteiger partial charge in [0.1, 0.15) is 16.5 Å². The molecule has 6 nitrogen and oxygen atoms in total. The summed E-state index contributed by atoms with van der Waals surface area (Å²) in [4.78, 5) is 14.5. The molecule has 33 heavy (non-hydrogen) atoms. The molecule has 0 heterocycles. The quantitative estimate of drug-likeness (QED) is 0.388. The van der Waals surface area contributed by atoms with E-state index in [-0.39, 0.29) is 29.3 Å². The fourth-order valence-corrected chi connectivity index (χ4v) is 4.19. The highest BCUT2D eigenvalue weighted by molar-refractivity contribution is 7.87. The van der Waals surface area contributed by atoms with Crippen LogP contribution < -0.4 is 9.50 Å². The van der Waals surface area contributed by atoms with Crippen LogP contribution in [0.3, 0.4) is 0 Å². The third-order valence-electron chi connectivity index (χ3n) is 5.02. The molecule has 0 bridgehead atoms. The Morgan fingerprint density at radius 2 is 1.79 bits per heavy atom. The van der Waals surface area contributed by atoms with Crippen molar-refractivity contribution >= 4 is 33.4 Å². The van der Waals surface area contributed by atoms with Gasteiger partial charge >= 0.3 is 16.1 Å². The summed E-state index contributed by atoms with van der Waals surface area (Å²) >= 11 is 6.00. The van der Waals surface area contributed by atoms with E-state index in [4.69, 9.17) is 15.8 Å². The van der Waals surface area contributed by atoms with E-state index in [9.17, 15) is 17.6 Å². The van der Waals surface area contributed by atoms with Crippen LogP contribution in [0, 0.1) is 5.82 Å². The van der Waals surface area contributed by atoms with Crippen molar-refractivity contribution in [3.05, 3.63) is 89.2 Å². The van der Waals surface area contributed by atoms with Gasteiger partial charge < -0.3 is 14.4 Å². The Kier molecular flexibility index (Phi) is 7.94. The molecule has 2 amide bonds. The van der Waals surface area contributed by atoms with Gasteiger partial charge in [0.15, 0.2) is 0 Å². The maximum absolute atomic E-state index is 13.1. The lowest BCUT2D eigenvalue weighted by molar-refractivity contribution is 0.187. The Morgan fingerprint density at radius 1 is 1.09 bits per heavy atom. The maximum Gasteiger partial charge on any atom is 0.339 e. The highest BCUT2D eigenvalue weighted by atomic mass is 35.5. The predicted molar refractivity (Wildman–Crippen MR) is 126 cm³/mol. The van der Waals surface area contributed by atoms with Gasteiger partial charge in [-0.05, 0) is 73.5 Å². The van der Waals surface area contributed by atoms with Gasteiger partial charge in [-0.1, -0.05) is 36.7 Å². The van der Waals surface area contributed by atoms with Crippen molar-refractivity contribution in [3.8, 4) is 5.75 Å². The summed E-state index contributed by atoms with van der Waals surface area (Å²) in [6, 6.07) is 17.3. The van der Waals surface area contributed by atoms with E-state index in [0.29, 0.717) is 16.3 Å². The number of rotatable bonds is 8. The van der Waals surface area contributed by atoms with Crippen LogP contribution in [0.1, 0.15) is 25.8 Å². The van der Waals surface area contributed by atoms with Gasteiger partial charge in [0, 0.05) is 23.3 Å². The van der Waals surface area contributed by atoms with Gasteiger partial charge in [-0.15, -0.1) is 0 Å². The number of urea groups is 1. The van der Waals surface area contributed by atoms with Gasteiger partial charge in [-0.25, -0.2) is 9.18 Å². The molecule has 1 unspecified atom stereocenters. The van der Waals surface area contributed by atoms with Crippen LogP contribution >= 0.6 is 11.6 Å². The molecule has 1 atom stereocenters. The Morgan fingerprint density at radius 3 is 2.45 bits per heavy atom. The second kappa shape index (κ2) is 10.7. The summed E-state index contributed by atoms with van der Waals surface area (Å²) in [6.07, 6.45) is 0.720. The average Bonchev–Trinajstić information content (AvgIpc) is 2.77. The molecule has 0 aromatic heterocycles. The number of nitrogens with zero attached hydrogens (tertiary/aromatic N) is 1. The highest BCUT2D eigenvalue weighted by Crippen LogP contribution is 2.23. The molecule has 0 radical (unpaired) electrons. The zero-order chi connectivity index (χ0) is 24.0. The van der Waals surface area contributed by atoms with Crippen LogP contribution in [0.2, 0.25) is 5.02 Å². The molecule has 1 N–H and O–H groups in total. The van der Waals surface area contributed by atoms with Crippen LogP contribution in [-0.2, 0) is 16.7 Å². The molecule has 0 aliphatic heterocycles. The van der Waals surface area contributed by atoms with Crippen molar-refractivity contribution in [2.24, 2.45) is 0 Å². The summed E-state index contributed by atoms with van der Waals surface area (Å²) in [5.41, 5.74) is 1.26. The lowest BCUT2D eigenvalue weighted by Crippen LogP contribution is -2.40. The van der Waals surface area contributed by atoms with Crippen molar-refractivity contribution in [2.75, 3.05) is 5.32 Å². The van der Waals surface area contributed by atoms with Crippen LogP contribution in [0.25, 0.3) is 0 Å². The van der Waals surface area contributed by atoms with E-state index >= 15 is 0 Å². The maximum atomic E-state index is 13.1. The van der Waals surface area contributed by atoms with Crippen molar-refractivity contribution < 1.29 is 21.8 Å². The topological polar surface area (TPSA) is 75.7 Å². The molecule has 174 valence electrons. The first kappa shape index (κ1) is 24.5. The summed E-state index contributed by atoms with van der Waals surface area (Å²) in [7, 11) is -4.13. The Labute approximate surface area is 198 Å². The zero-order valence-electron chi connectivity index (χ0n) is 18.2. The smallest absolute Gasteiger partial charge is 0.339 e. The number of carbonyl (C=O) groups excluding carboxylic acids is 1. The van der Waals surface area contributed by atoms with Crippen LogP contribution in [0.4, 0.5) is 14.9 Å². The summed E-state index contributed by atoms with van der Waals surface area (Å²) in [5, 5.41) is 3.35. The normalized spacial score (nSPS) is 12.1. The molecule has 9 heteroatoms. The Bertz CT molecular complexity index is 1220. The largest absolute Gasteiger partial charge is 0.379 e. The van der Waals surface area contributed by atoms with E-state index in [1.165, 1.54) is 6.07 Å². The van der Waals surface area contributed by atoms with E-state index in [0.717, 1.165) is 30.7 Å². The molecule has 0 spiro atoms. The van der Waals surface area contributed by atoms with Crippen molar-refractivity contribution in [1.82, 2.24) is 4.90 Å². The first-order valence-corrected chi connectivity index (χ1v) is 12.1. The molecule has 0 saturated heterocycles. The first-order chi connectivity index (χ1) is 15.7. The van der Waals surface area contributed by atoms with Gasteiger partial charge in [0.05, 0.1) is 0 Å². The molecule has 3 rings (SSSR count). The van der Waals surface area contributed by atoms with Gasteiger partial charge in [0.2, 0.25) is 0 Å². The second-order valence-corrected chi connectivity index (χ2v) is 9.45. The third kappa shape index (κ3) is 6.69. The third-order valence-corrected chi connectivity index (χ3v) is 6.52.